The van der Waals surface area contributed by atoms with Crippen LogP contribution in [-0.2, 0) is 10.0 Å². The van der Waals surface area contributed by atoms with Crippen LogP contribution in [0.4, 0.5) is 0 Å². The Labute approximate surface area is 118 Å². The lowest BCUT2D eigenvalue weighted by molar-refractivity contribution is 0.0840. The normalized spacial score (nSPS) is 21.3. The van der Waals surface area contributed by atoms with Crippen LogP contribution in [-0.4, -0.2) is 24.4 Å². The van der Waals surface area contributed by atoms with E-state index in [1.54, 1.807) is 4.57 Å². The molecule has 6 nitrogen and oxygen atoms in total. The number of aromatic nitrogens is 1. The maximum atomic E-state index is 12.4. The molecule has 0 atom stereocenters. The van der Waals surface area contributed by atoms with Gasteiger partial charge in [-0.3, -0.25) is 4.79 Å². The van der Waals surface area contributed by atoms with Crippen molar-refractivity contribution < 1.29 is 13.2 Å². The molecule has 0 spiro atoms. The van der Waals surface area contributed by atoms with Gasteiger partial charge in [-0.1, -0.05) is 0 Å². The molecule has 2 aliphatic carbocycles. The van der Waals surface area contributed by atoms with Gasteiger partial charge in [-0.15, -0.1) is 0 Å². The number of nitrogens with two attached hydrogens (primary N) is 1. The second-order valence-corrected chi connectivity index (χ2v) is 7.67. The molecule has 3 rings (SSSR count). The van der Waals surface area contributed by atoms with Gasteiger partial charge in [-0.25, -0.2) is 13.6 Å². The van der Waals surface area contributed by atoms with E-state index >= 15 is 0 Å². The van der Waals surface area contributed by atoms with Crippen LogP contribution >= 0.6 is 0 Å². The van der Waals surface area contributed by atoms with Crippen LogP contribution in [0, 0.1) is 0 Å². The third-order valence-corrected chi connectivity index (χ3v) is 5.08. The first kappa shape index (κ1) is 13.6. The summed E-state index contributed by atoms with van der Waals surface area (Å²) in [5, 5.41) is 8.15. The lowest BCUT2D eigenvalue weighted by Gasteiger charge is -2.39. The summed E-state index contributed by atoms with van der Waals surface area (Å²) in [7, 11) is -3.78. The van der Waals surface area contributed by atoms with Gasteiger partial charge in [0.15, 0.2) is 0 Å². The van der Waals surface area contributed by atoms with E-state index < -0.39 is 10.0 Å². The van der Waals surface area contributed by atoms with Crippen molar-refractivity contribution in [3.05, 3.63) is 18.0 Å². The summed E-state index contributed by atoms with van der Waals surface area (Å²) in [4.78, 5) is 12.4. The van der Waals surface area contributed by atoms with Gasteiger partial charge in [-0.2, -0.15) is 0 Å². The third kappa shape index (κ3) is 2.47. The van der Waals surface area contributed by atoms with Gasteiger partial charge in [0.1, 0.15) is 10.6 Å². The molecule has 7 heteroatoms. The minimum atomic E-state index is -3.78. The molecule has 110 valence electrons. The lowest BCUT2D eigenvalue weighted by Crippen LogP contribution is -2.51. The Hall–Kier alpha value is -1.34. The van der Waals surface area contributed by atoms with Gasteiger partial charge in [0.2, 0.25) is 10.0 Å². The lowest BCUT2D eigenvalue weighted by atomic mass is 9.78. The van der Waals surface area contributed by atoms with Gasteiger partial charge in [0.25, 0.3) is 5.91 Å². The fraction of sp³-hybridized carbons (Fsp3) is 0.615. The number of hydrogen-bond acceptors (Lipinski definition) is 3. The van der Waals surface area contributed by atoms with E-state index in [2.05, 4.69) is 5.32 Å². The highest BCUT2D eigenvalue weighted by Gasteiger charge is 2.36. The highest BCUT2D eigenvalue weighted by molar-refractivity contribution is 7.89. The summed E-state index contributed by atoms with van der Waals surface area (Å²) < 4.78 is 24.6. The quantitative estimate of drug-likeness (QED) is 0.872. The first-order valence-corrected chi connectivity index (χ1v) is 8.40. The molecule has 1 amide bonds. The molecular weight excluding hydrogens is 278 g/mol. The zero-order valence-corrected chi connectivity index (χ0v) is 12.2. The largest absolute Gasteiger partial charge is 0.346 e. The third-order valence-electron chi connectivity index (χ3n) is 4.20. The smallest absolute Gasteiger partial charge is 0.268 e. The minimum absolute atomic E-state index is 0.00770. The second kappa shape index (κ2) is 4.33. The van der Waals surface area contributed by atoms with E-state index in [-0.39, 0.29) is 22.4 Å². The fourth-order valence-electron chi connectivity index (χ4n) is 2.62. The summed E-state index contributed by atoms with van der Waals surface area (Å²) in [6.45, 7) is 2.01. The average molecular weight is 297 g/mol. The summed E-state index contributed by atoms with van der Waals surface area (Å²) in [5.74, 6) is -0.214. The van der Waals surface area contributed by atoms with Gasteiger partial charge in [0, 0.05) is 17.8 Å². The summed E-state index contributed by atoms with van der Waals surface area (Å²) in [6.07, 6.45) is 6.45. The van der Waals surface area contributed by atoms with E-state index in [0.29, 0.717) is 5.69 Å². The van der Waals surface area contributed by atoms with Crippen molar-refractivity contribution in [2.75, 3.05) is 0 Å². The predicted molar refractivity (Wildman–Crippen MR) is 73.8 cm³/mol. The van der Waals surface area contributed by atoms with Crippen LogP contribution < -0.4 is 10.5 Å². The maximum Gasteiger partial charge on any atom is 0.268 e. The number of rotatable bonds is 4. The zero-order chi connectivity index (χ0) is 14.5. The van der Waals surface area contributed by atoms with E-state index in [0.717, 1.165) is 32.1 Å². The topological polar surface area (TPSA) is 94.2 Å². The van der Waals surface area contributed by atoms with Gasteiger partial charge < -0.3 is 9.88 Å². The molecule has 1 heterocycles. The Kier molecular flexibility index (Phi) is 2.95. The molecule has 1 aromatic rings. The number of carbonyl (C=O) groups excluding carboxylic acids is 1. The van der Waals surface area contributed by atoms with Crippen molar-refractivity contribution in [1.82, 2.24) is 9.88 Å². The number of nitrogens with zero attached hydrogens (tertiary/aromatic N) is 1. The van der Waals surface area contributed by atoms with Gasteiger partial charge >= 0.3 is 0 Å². The first-order valence-electron chi connectivity index (χ1n) is 6.86. The van der Waals surface area contributed by atoms with Crippen molar-refractivity contribution in [3.8, 4) is 0 Å². The molecule has 2 fully saturated rings. The van der Waals surface area contributed by atoms with Gasteiger partial charge in [0.05, 0.1) is 0 Å². The minimum Gasteiger partial charge on any atom is -0.346 e. The standard InChI is InChI=1S/C13H19N3O3S/c1-13(5-2-6-13)15-12(17)11-7-10(20(14,18)19)8-16(11)9-3-4-9/h7-9H,2-6H2,1H3,(H,15,17)(H2,14,18,19). The highest BCUT2D eigenvalue weighted by Crippen LogP contribution is 2.38. The summed E-state index contributed by atoms with van der Waals surface area (Å²) in [6, 6.07) is 1.60. The Morgan fingerprint density at radius 3 is 2.55 bits per heavy atom. The second-order valence-electron chi connectivity index (χ2n) is 6.11. The van der Waals surface area contributed by atoms with Crippen LogP contribution in [0.1, 0.15) is 55.6 Å². The molecule has 0 aromatic carbocycles. The molecule has 0 saturated heterocycles. The summed E-state index contributed by atoms with van der Waals surface area (Å²) >= 11 is 0. The Balaban J connectivity index is 1.91. The number of carbonyl (C=O) groups is 1. The Bertz CT molecular complexity index is 654. The van der Waals surface area contributed by atoms with Crippen molar-refractivity contribution in [1.29, 1.82) is 0 Å². The Morgan fingerprint density at radius 1 is 1.45 bits per heavy atom. The summed E-state index contributed by atoms with van der Waals surface area (Å²) in [5.41, 5.74) is 0.238. The molecule has 20 heavy (non-hydrogen) atoms. The van der Waals surface area contributed by atoms with Crippen molar-refractivity contribution in [3.63, 3.8) is 0 Å². The molecular formula is C13H19N3O3S. The molecule has 0 aliphatic heterocycles. The number of primary sulfonamides is 1. The number of nitrogens with one attached hydrogen (secondary N) is 1. The van der Waals surface area contributed by atoms with E-state index in [9.17, 15) is 13.2 Å². The van der Waals surface area contributed by atoms with Crippen LogP contribution in [0.3, 0.4) is 0 Å². The van der Waals surface area contributed by atoms with Crippen LogP contribution in [0.2, 0.25) is 0 Å². The maximum absolute atomic E-state index is 12.4. The van der Waals surface area contributed by atoms with E-state index in [4.69, 9.17) is 5.14 Å². The molecule has 0 radical (unpaired) electrons. The molecule has 1 aromatic heterocycles. The van der Waals surface area contributed by atoms with E-state index in [1.807, 2.05) is 6.92 Å². The van der Waals surface area contributed by atoms with Crippen LogP contribution in [0.15, 0.2) is 17.2 Å². The number of sulfonamides is 1. The van der Waals surface area contributed by atoms with Gasteiger partial charge in [-0.05, 0) is 45.1 Å². The van der Waals surface area contributed by atoms with Crippen LogP contribution in [0.5, 0.6) is 0 Å². The monoisotopic (exact) mass is 297 g/mol. The molecule has 0 bridgehead atoms. The number of amides is 1. The molecule has 2 saturated carbocycles. The molecule has 2 aliphatic rings. The van der Waals surface area contributed by atoms with E-state index in [1.165, 1.54) is 12.3 Å². The zero-order valence-electron chi connectivity index (χ0n) is 11.4. The average Bonchev–Trinajstić information content (AvgIpc) is 3.04. The van der Waals surface area contributed by atoms with Crippen LogP contribution in [0.25, 0.3) is 0 Å². The molecule has 0 unspecified atom stereocenters. The van der Waals surface area contributed by atoms with Crippen molar-refractivity contribution in [2.45, 2.75) is 55.5 Å². The SMILES string of the molecule is CC1(NC(=O)c2cc(S(N)(=O)=O)cn2C2CC2)CCC1. The highest BCUT2D eigenvalue weighted by atomic mass is 32.2. The Morgan fingerprint density at radius 2 is 2.10 bits per heavy atom. The molecule has 3 N–H and O–H groups in total. The first-order chi connectivity index (χ1) is 9.28. The predicted octanol–water partition coefficient (Wildman–Crippen LogP) is 1.14. The number of hydrogen-bond donors (Lipinski definition) is 2. The van der Waals surface area contributed by atoms with Crippen molar-refractivity contribution >= 4 is 15.9 Å². The fourth-order valence-corrected chi connectivity index (χ4v) is 3.15. The van der Waals surface area contributed by atoms with Crippen molar-refractivity contribution in [2.24, 2.45) is 5.14 Å².